The zero-order chi connectivity index (χ0) is 27.2. The number of halogens is 8. The van der Waals surface area contributed by atoms with E-state index in [0.29, 0.717) is 28.8 Å². The molecule has 0 aliphatic carbocycles. The number of pyridine rings is 1. The van der Waals surface area contributed by atoms with Crippen molar-refractivity contribution in [2.45, 2.75) is 36.3 Å². The number of amides is 1. The predicted octanol–water partition coefficient (Wildman–Crippen LogP) is 6.71. The first-order valence-corrected chi connectivity index (χ1v) is 11.1. The Morgan fingerprint density at radius 3 is 1.92 bits per heavy atom. The van der Waals surface area contributed by atoms with Crippen LogP contribution in [0.3, 0.4) is 0 Å². The van der Waals surface area contributed by atoms with Crippen LogP contribution in [0.25, 0.3) is 0 Å². The van der Waals surface area contributed by atoms with Crippen molar-refractivity contribution in [2.75, 3.05) is 13.1 Å². The van der Waals surface area contributed by atoms with Gasteiger partial charge in [0.05, 0.1) is 0 Å². The summed E-state index contributed by atoms with van der Waals surface area (Å²) >= 11 is 0. The van der Waals surface area contributed by atoms with Crippen molar-refractivity contribution in [3.05, 3.63) is 101 Å². The summed E-state index contributed by atoms with van der Waals surface area (Å²) < 4.78 is 107. The Labute approximate surface area is 206 Å². The SMILES string of the molecule is C[C@]1(c2ccc(F)cc2)CN(C(=O)c2ccncc2)C[C@H]1c1ccc(C(F)(C(F)(F)F)C(F)(F)F)cc1. The van der Waals surface area contributed by atoms with Crippen LogP contribution in [0, 0.1) is 5.82 Å². The molecule has 0 N–H and O–H groups in total. The minimum Gasteiger partial charge on any atom is -0.337 e. The van der Waals surface area contributed by atoms with Gasteiger partial charge in [-0.15, -0.1) is 0 Å². The largest absolute Gasteiger partial charge is 0.435 e. The Morgan fingerprint density at radius 1 is 0.865 bits per heavy atom. The Bertz CT molecular complexity index is 1240. The van der Waals surface area contributed by atoms with Crippen molar-refractivity contribution >= 4 is 5.91 Å². The number of alkyl halides is 7. The average Bonchev–Trinajstić information content (AvgIpc) is 3.21. The summed E-state index contributed by atoms with van der Waals surface area (Å²) in [5.74, 6) is -1.47. The van der Waals surface area contributed by atoms with Gasteiger partial charge in [-0.05, 0) is 35.4 Å². The molecular weight excluding hydrogens is 508 g/mol. The van der Waals surface area contributed by atoms with Gasteiger partial charge in [0.2, 0.25) is 0 Å². The molecule has 0 bridgehead atoms. The van der Waals surface area contributed by atoms with Crippen LogP contribution >= 0.6 is 0 Å². The molecule has 2 heterocycles. The molecule has 1 aliphatic rings. The van der Waals surface area contributed by atoms with E-state index in [4.69, 9.17) is 0 Å². The molecule has 1 aromatic heterocycles. The van der Waals surface area contributed by atoms with Crippen LogP contribution in [0.1, 0.15) is 39.9 Å². The van der Waals surface area contributed by atoms with E-state index < -0.39 is 40.7 Å². The maximum atomic E-state index is 14.5. The molecule has 37 heavy (non-hydrogen) atoms. The van der Waals surface area contributed by atoms with Crippen LogP contribution in [0.15, 0.2) is 73.1 Å². The van der Waals surface area contributed by atoms with E-state index in [1.54, 1.807) is 6.92 Å². The molecule has 1 fully saturated rings. The van der Waals surface area contributed by atoms with E-state index in [9.17, 15) is 39.9 Å². The minimum absolute atomic E-state index is 0.0632. The number of carbonyl (C=O) groups excluding carboxylic acids is 1. The quantitative estimate of drug-likeness (QED) is 0.353. The number of benzene rings is 2. The van der Waals surface area contributed by atoms with Gasteiger partial charge in [-0.25, -0.2) is 8.78 Å². The van der Waals surface area contributed by atoms with E-state index >= 15 is 0 Å². The van der Waals surface area contributed by atoms with Crippen LogP contribution in [0.4, 0.5) is 35.1 Å². The van der Waals surface area contributed by atoms with Crippen LogP contribution < -0.4 is 0 Å². The van der Waals surface area contributed by atoms with Gasteiger partial charge in [0.25, 0.3) is 5.91 Å². The summed E-state index contributed by atoms with van der Waals surface area (Å²) in [5.41, 5.74) is -6.78. The smallest absolute Gasteiger partial charge is 0.337 e. The summed E-state index contributed by atoms with van der Waals surface area (Å²) in [4.78, 5) is 18.5. The van der Waals surface area contributed by atoms with Gasteiger partial charge >= 0.3 is 18.0 Å². The third-order valence-corrected chi connectivity index (χ3v) is 6.90. The highest BCUT2D eigenvalue weighted by molar-refractivity contribution is 5.94. The lowest BCUT2D eigenvalue weighted by atomic mass is 9.71. The number of carbonyl (C=O) groups is 1. The number of hydrogen-bond acceptors (Lipinski definition) is 2. The molecule has 3 nitrogen and oxygen atoms in total. The topological polar surface area (TPSA) is 33.2 Å². The molecule has 196 valence electrons. The van der Waals surface area contributed by atoms with E-state index in [1.165, 1.54) is 53.7 Å². The van der Waals surface area contributed by atoms with E-state index in [1.807, 2.05) is 0 Å². The van der Waals surface area contributed by atoms with Crippen molar-refractivity contribution in [1.82, 2.24) is 9.88 Å². The third-order valence-electron chi connectivity index (χ3n) is 6.90. The summed E-state index contributed by atoms with van der Waals surface area (Å²) in [6.07, 6.45) is -9.58. The van der Waals surface area contributed by atoms with Gasteiger partial charge in [0, 0.05) is 47.9 Å². The molecule has 4 rings (SSSR count). The fourth-order valence-electron chi connectivity index (χ4n) is 4.85. The van der Waals surface area contributed by atoms with Crippen molar-refractivity contribution in [2.24, 2.45) is 0 Å². The second kappa shape index (κ2) is 9.11. The maximum absolute atomic E-state index is 14.5. The first-order valence-electron chi connectivity index (χ1n) is 11.1. The summed E-state index contributed by atoms with van der Waals surface area (Å²) in [6, 6.07) is 11.4. The van der Waals surface area contributed by atoms with Gasteiger partial charge in [0.1, 0.15) is 5.82 Å². The summed E-state index contributed by atoms with van der Waals surface area (Å²) in [5, 5.41) is 0. The molecule has 3 aromatic rings. The first kappa shape index (κ1) is 26.6. The number of likely N-dealkylation sites (tertiary alicyclic amines) is 1. The minimum atomic E-state index is -6.23. The van der Waals surface area contributed by atoms with Gasteiger partial charge in [-0.1, -0.05) is 43.3 Å². The lowest BCUT2D eigenvalue weighted by Crippen LogP contribution is -2.50. The average molecular weight is 528 g/mol. The lowest BCUT2D eigenvalue weighted by molar-refractivity contribution is -0.348. The van der Waals surface area contributed by atoms with Crippen molar-refractivity contribution in [1.29, 1.82) is 0 Å². The highest BCUT2D eigenvalue weighted by Crippen LogP contribution is 2.53. The second-order valence-electron chi connectivity index (χ2n) is 9.17. The normalized spacial score (nSPS) is 20.8. The molecule has 2 aromatic carbocycles. The molecule has 1 aliphatic heterocycles. The van der Waals surface area contributed by atoms with Crippen LogP contribution in [0.2, 0.25) is 0 Å². The third kappa shape index (κ3) is 4.55. The Kier molecular flexibility index (Phi) is 6.54. The van der Waals surface area contributed by atoms with Gasteiger partial charge in [-0.3, -0.25) is 9.78 Å². The molecular formula is C26H20F8N2O. The number of aromatic nitrogens is 1. The Hall–Kier alpha value is -3.50. The zero-order valence-electron chi connectivity index (χ0n) is 19.2. The molecule has 0 saturated carbocycles. The number of rotatable bonds is 4. The molecule has 1 amide bonds. The van der Waals surface area contributed by atoms with Crippen molar-refractivity contribution in [3.63, 3.8) is 0 Å². The monoisotopic (exact) mass is 528 g/mol. The lowest BCUT2D eigenvalue weighted by Gasteiger charge is -2.33. The van der Waals surface area contributed by atoms with Gasteiger partial charge in [-0.2, -0.15) is 26.3 Å². The number of nitrogens with zero attached hydrogens (tertiary/aromatic N) is 2. The van der Waals surface area contributed by atoms with Crippen LogP contribution in [0.5, 0.6) is 0 Å². The van der Waals surface area contributed by atoms with Crippen LogP contribution in [-0.2, 0) is 11.1 Å². The summed E-state index contributed by atoms with van der Waals surface area (Å²) in [7, 11) is 0. The fraction of sp³-hybridized carbons (Fsp3) is 0.308. The zero-order valence-corrected chi connectivity index (χ0v) is 19.2. The van der Waals surface area contributed by atoms with E-state index in [-0.39, 0.29) is 19.0 Å². The van der Waals surface area contributed by atoms with E-state index in [2.05, 4.69) is 4.98 Å². The van der Waals surface area contributed by atoms with E-state index in [0.717, 1.165) is 12.1 Å². The summed E-state index contributed by atoms with van der Waals surface area (Å²) in [6.45, 7) is 1.96. The second-order valence-corrected chi connectivity index (χ2v) is 9.17. The van der Waals surface area contributed by atoms with Crippen molar-refractivity contribution in [3.8, 4) is 0 Å². The van der Waals surface area contributed by atoms with Gasteiger partial charge < -0.3 is 4.90 Å². The standard InChI is InChI=1S/C26H20F8N2O/c1-23(18-6-8-20(27)9-7-18)15-36(22(37)17-10-12-35-13-11-17)14-21(23)16-2-4-19(5-3-16)24(28,25(29,30)31)26(32,33)34/h2-13,21H,14-15H2,1H3/t21-,23+/m0/s1. The van der Waals surface area contributed by atoms with Gasteiger partial charge in [0.15, 0.2) is 0 Å². The van der Waals surface area contributed by atoms with Crippen LogP contribution in [-0.4, -0.2) is 41.2 Å². The highest BCUT2D eigenvalue weighted by Gasteiger charge is 2.73. The first-order chi connectivity index (χ1) is 17.2. The molecule has 1 saturated heterocycles. The van der Waals surface area contributed by atoms with Crippen molar-refractivity contribution < 1.29 is 39.9 Å². The Morgan fingerprint density at radius 2 is 1.41 bits per heavy atom. The number of hydrogen-bond donors (Lipinski definition) is 0. The predicted molar refractivity (Wildman–Crippen MR) is 118 cm³/mol. The highest BCUT2D eigenvalue weighted by atomic mass is 19.4. The molecule has 11 heteroatoms. The molecule has 2 atom stereocenters. The maximum Gasteiger partial charge on any atom is 0.435 e. The fourth-order valence-corrected chi connectivity index (χ4v) is 4.85. The molecule has 0 unspecified atom stereocenters. The molecule has 0 radical (unpaired) electrons. The Balaban J connectivity index is 1.75. The molecule has 0 spiro atoms.